The highest BCUT2D eigenvalue weighted by atomic mass is 16.5. The van der Waals surface area contributed by atoms with Crippen LogP contribution < -0.4 is 4.74 Å². The molecule has 0 saturated heterocycles. The van der Waals surface area contributed by atoms with Gasteiger partial charge in [0.05, 0.1) is 13.2 Å². The molecule has 0 N–H and O–H groups in total. The molecule has 0 aliphatic heterocycles. The Kier molecular flexibility index (Phi) is 4.40. The topological polar surface area (TPSA) is 49.2 Å². The summed E-state index contributed by atoms with van der Waals surface area (Å²) in [7, 11) is 3.48. The number of aromatic nitrogens is 3. The predicted molar refractivity (Wildman–Crippen MR) is 97.8 cm³/mol. The molecule has 1 aliphatic carbocycles. The maximum absolute atomic E-state index is 5.49. The number of fused-ring (bicyclic) bond motifs is 1. The second-order valence-corrected chi connectivity index (χ2v) is 6.55. The summed E-state index contributed by atoms with van der Waals surface area (Å²) >= 11 is 0. The van der Waals surface area contributed by atoms with E-state index in [2.05, 4.69) is 21.8 Å². The third kappa shape index (κ3) is 3.00. The van der Waals surface area contributed by atoms with Crippen molar-refractivity contribution < 1.29 is 9.47 Å². The Hall–Kier alpha value is -2.40. The first-order valence-corrected chi connectivity index (χ1v) is 8.80. The third-order valence-corrected chi connectivity index (χ3v) is 5.17. The van der Waals surface area contributed by atoms with Gasteiger partial charge in [0.2, 0.25) is 0 Å². The first kappa shape index (κ1) is 16.1. The number of pyridine rings is 1. The van der Waals surface area contributed by atoms with Crippen LogP contribution in [0.25, 0.3) is 22.4 Å². The van der Waals surface area contributed by atoms with Crippen LogP contribution in [0.3, 0.4) is 0 Å². The highest BCUT2D eigenvalue weighted by Gasteiger charge is 2.24. The molecule has 1 saturated carbocycles. The Morgan fingerprint density at radius 3 is 2.64 bits per heavy atom. The molecule has 0 unspecified atom stereocenters. The molecule has 5 nitrogen and oxygen atoms in total. The first-order chi connectivity index (χ1) is 12.3. The molecule has 0 atom stereocenters. The Balaban J connectivity index is 1.69. The molecule has 2 aromatic heterocycles. The molecule has 130 valence electrons. The van der Waals surface area contributed by atoms with Crippen LogP contribution in [-0.2, 0) is 4.74 Å². The van der Waals surface area contributed by atoms with Crippen molar-refractivity contribution in [2.45, 2.75) is 37.8 Å². The van der Waals surface area contributed by atoms with Crippen molar-refractivity contribution in [3.63, 3.8) is 0 Å². The highest BCUT2D eigenvalue weighted by Crippen LogP contribution is 2.33. The summed E-state index contributed by atoms with van der Waals surface area (Å²) in [6.07, 6.45) is 8.74. The zero-order chi connectivity index (χ0) is 17.2. The van der Waals surface area contributed by atoms with Gasteiger partial charge in [0.1, 0.15) is 17.0 Å². The molecule has 0 radical (unpaired) electrons. The SMILES string of the molecule is COc1cccc2ccc(-c3nccn3C3CCC(OC)CC3)nc12. The summed E-state index contributed by atoms with van der Waals surface area (Å²) in [4.78, 5) is 9.43. The normalized spacial score (nSPS) is 20.7. The minimum absolute atomic E-state index is 0.395. The molecular formula is C20H23N3O2. The minimum atomic E-state index is 0.395. The van der Waals surface area contributed by atoms with Gasteiger partial charge >= 0.3 is 0 Å². The number of nitrogens with zero attached hydrogens (tertiary/aromatic N) is 3. The molecule has 1 fully saturated rings. The average Bonchev–Trinajstić information content (AvgIpc) is 3.17. The van der Waals surface area contributed by atoms with E-state index in [1.807, 2.05) is 30.5 Å². The van der Waals surface area contributed by atoms with Gasteiger partial charge in [0, 0.05) is 30.9 Å². The summed E-state index contributed by atoms with van der Waals surface area (Å²) in [5.74, 6) is 1.71. The van der Waals surface area contributed by atoms with E-state index in [4.69, 9.17) is 14.5 Å². The van der Waals surface area contributed by atoms with Crippen LogP contribution in [0.5, 0.6) is 5.75 Å². The van der Waals surface area contributed by atoms with Gasteiger partial charge in [-0.3, -0.25) is 0 Å². The zero-order valence-corrected chi connectivity index (χ0v) is 14.7. The Morgan fingerprint density at radius 1 is 1.04 bits per heavy atom. The number of ether oxygens (including phenoxy) is 2. The number of benzene rings is 1. The molecule has 0 bridgehead atoms. The van der Waals surface area contributed by atoms with Gasteiger partial charge in [-0.05, 0) is 37.8 Å². The smallest absolute Gasteiger partial charge is 0.158 e. The lowest BCUT2D eigenvalue weighted by molar-refractivity contribution is 0.0586. The Bertz CT molecular complexity index is 866. The standard InChI is InChI=1S/C20H23N3O2/c1-24-16-9-7-15(8-10-16)23-13-12-21-20(23)17-11-6-14-4-3-5-18(25-2)19(14)22-17/h3-6,11-13,15-16H,7-10H2,1-2H3. The maximum atomic E-state index is 5.49. The van der Waals surface area contributed by atoms with E-state index in [9.17, 15) is 0 Å². The van der Waals surface area contributed by atoms with Crippen molar-refractivity contribution in [3.05, 3.63) is 42.7 Å². The quantitative estimate of drug-likeness (QED) is 0.714. The molecule has 2 heterocycles. The van der Waals surface area contributed by atoms with Crippen LogP contribution in [-0.4, -0.2) is 34.9 Å². The molecule has 3 aromatic rings. The molecule has 0 amide bonds. The number of rotatable bonds is 4. The second kappa shape index (κ2) is 6.84. The summed E-state index contributed by atoms with van der Waals surface area (Å²) < 4.78 is 13.2. The number of methoxy groups -OCH3 is 2. The van der Waals surface area contributed by atoms with Crippen molar-refractivity contribution >= 4 is 10.9 Å². The van der Waals surface area contributed by atoms with Crippen LogP contribution >= 0.6 is 0 Å². The largest absolute Gasteiger partial charge is 0.494 e. The summed E-state index contributed by atoms with van der Waals surface area (Å²) in [6.45, 7) is 0. The predicted octanol–water partition coefficient (Wildman–Crippen LogP) is 4.24. The van der Waals surface area contributed by atoms with Gasteiger partial charge < -0.3 is 14.0 Å². The van der Waals surface area contributed by atoms with Gasteiger partial charge in [-0.15, -0.1) is 0 Å². The van der Waals surface area contributed by atoms with Gasteiger partial charge in [-0.2, -0.15) is 0 Å². The van der Waals surface area contributed by atoms with E-state index in [1.54, 1.807) is 14.2 Å². The van der Waals surface area contributed by atoms with Crippen LogP contribution in [0.1, 0.15) is 31.7 Å². The monoisotopic (exact) mass is 337 g/mol. The zero-order valence-electron chi connectivity index (χ0n) is 14.7. The molecule has 1 aromatic carbocycles. The van der Waals surface area contributed by atoms with Crippen molar-refractivity contribution in [2.75, 3.05) is 14.2 Å². The van der Waals surface area contributed by atoms with Gasteiger partial charge in [-0.25, -0.2) is 9.97 Å². The molecular weight excluding hydrogens is 314 g/mol. The average molecular weight is 337 g/mol. The Labute approximate surface area is 147 Å². The second-order valence-electron chi connectivity index (χ2n) is 6.55. The van der Waals surface area contributed by atoms with Crippen molar-refractivity contribution in [2.24, 2.45) is 0 Å². The van der Waals surface area contributed by atoms with Crippen LogP contribution in [0.2, 0.25) is 0 Å². The minimum Gasteiger partial charge on any atom is -0.494 e. The van der Waals surface area contributed by atoms with Gasteiger partial charge in [-0.1, -0.05) is 18.2 Å². The van der Waals surface area contributed by atoms with Crippen molar-refractivity contribution in [1.29, 1.82) is 0 Å². The van der Waals surface area contributed by atoms with E-state index in [-0.39, 0.29) is 0 Å². The van der Waals surface area contributed by atoms with Crippen LogP contribution in [0.15, 0.2) is 42.7 Å². The number of para-hydroxylation sites is 1. The molecule has 4 rings (SSSR count). The lowest BCUT2D eigenvalue weighted by atomic mass is 9.92. The van der Waals surface area contributed by atoms with Crippen LogP contribution in [0, 0.1) is 0 Å². The fourth-order valence-electron chi connectivity index (χ4n) is 3.77. The van der Waals surface area contributed by atoms with Gasteiger partial charge in [0.15, 0.2) is 5.82 Å². The summed E-state index contributed by atoms with van der Waals surface area (Å²) in [5, 5.41) is 1.07. The lowest BCUT2D eigenvalue weighted by Gasteiger charge is -2.29. The third-order valence-electron chi connectivity index (χ3n) is 5.17. The molecule has 1 aliphatic rings. The number of hydrogen-bond acceptors (Lipinski definition) is 4. The molecule has 5 heteroatoms. The van der Waals surface area contributed by atoms with Crippen molar-refractivity contribution in [3.8, 4) is 17.3 Å². The van der Waals surface area contributed by atoms with E-state index < -0.39 is 0 Å². The van der Waals surface area contributed by atoms with E-state index in [0.717, 1.165) is 53.9 Å². The van der Waals surface area contributed by atoms with Gasteiger partial charge in [0.25, 0.3) is 0 Å². The first-order valence-electron chi connectivity index (χ1n) is 8.80. The van der Waals surface area contributed by atoms with Crippen LogP contribution in [0.4, 0.5) is 0 Å². The number of hydrogen-bond donors (Lipinski definition) is 0. The van der Waals surface area contributed by atoms with E-state index >= 15 is 0 Å². The fraction of sp³-hybridized carbons (Fsp3) is 0.400. The van der Waals surface area contributed by atoms with E-state index in [0.29, 0.717) is 12.1 Å². The summed E-state index contributed by atoms with van der Waals surface area (Å²) in [6, 6.07) is 10.6. The number of imidazole rings is 1. The highest BCUT2D eigenvalue weighted by molar-refractivity contribution is 5.86. The lowest BCUT2D eigenvalue weighted by Crippen LogP contribution is -2.22. The molecule has 25 heavy (non-hydrogen) atoms. The summed E-state index contributed by atoms with van der Waals surface area (Å²) in [5.41, 5.74) is 1.76. The van der Waals surface area contributed by atoms with E-state index in [1.165, 1.54) is 0 Å². The van der Waals surface area contributed by atoms with Crippen molar-refractivity contribution in [1.82, 2.24) is 14.5 Å². The molecule has 0 spiro atoms. The fourth-order valence-corrected chi connectivity index (χ4v) is 3.77. The maximum Gasteiger partial charge on any atom is 0.158 e. The Morgan fingerprint density at radius 2 is 1.88 bits per heavy atom.